The highest BCUT2D eigenvalue weighted by molar-refractivity contribution is 5.97. The van der Waals surface area contributed by atoms with Crippen molar-refractivity contribution in [3.05, 3.63) is 70.3 Å². The molecule has 3 unspecified atom stereocenters. The fourth-order valence-electron chi connectivity index (χ4n) is 6.38. The van der Waals surface area contributed by atoms with Crippen LogP contribution < -0.4 is 9.47 Å². The van der Waals surface area contributed by atoms with Gasteiger partial charge in [0.1, 0.15) is 28.4 Å². The Hall–Kier alpha value is -3.08. The number of carbonyl (C=O) groups is 2. The lowest BCUT2D eigenvalue weighted by molar-refractivity contribution is -0.172. The number of hydrogen-bond acceptors (Lipinski definition) is 5. The van der Waals surface area contributed by atoms with Gasteiger partial charge in [-0.05, 0) is 65.0 Å². The Morgan fingerprint density at radius 1 is 1.08 bits per heavy atom. The Kier molecular flexibility index (Phi) is 6.68. The van der Waals surface area contributed by atoms with Crippen LogP contribution in [0.1, 0.15) is 106 Å². The summed E-state index contributed by atoms with van der Waals surface area (Å²) in [6.07, 6.45) is 8.15. The summed E-state index contributed by atoms with van der Waals surface area (Å²) in [5.74, 6) is -0.441. The van der Waals surface area contributed by atoms with Crippen LogP contribution >= 0.6 is 0 Å². The second-order valence-electron chi connectivity index (χ2n) is 11.5. The second kappa shape index (κ2) is 9.66. The number of hydrogen-bond donors (Lipinski definition) is 0. The molecule has 1 aliphatic carbocycles. The van der Waals surface area contributed by atoms with Gasteiger partial charge in [-0.15, -0.1) is 0 Å². The number of unbranched alkanes of at least 4 members (excludes halogenated alkanes) is 2. The van der Waals surface area contributed by atoms with E-state index in [9.17, 15) is 9.59 Å². The van der Waals surface area contributed by atoms with Gasteiger partial charge in [-0.1, -0.05) is 61.7 Å². The lowest BCUT2D eigenvalue weighted by atomic mass is 9.67. The van der Waals surface area contributed by atoms with Crippen molar-refractivity contribution in [1.29, 1.82) is 0 Å². The number of carbonyl (C=O) groups excluding carboxylic acids is 2. The molecule has 5 rings (SSSR count). The SMILES string of the molecule is CCCCCc1cc2c(c3c1C(=O)OC(CC(C)=O)(c1ccccc1)O3)C1C=C(C)CCC1C(C)(C)O2. The molecule has 0 aromatic heterocycles. The normalized spacial score (nSPS) is 25.4. The average Bonchev–Trinajstić information content (AvgIpc) is 2.83. The topological polar surface area (TPSA) is 61.8 Å². The summed E-state index contributed by atoms with van der Waals surface area (Å²) in [6.45, 7) is 10.2. The highest BCUT2D eigenvalue weighted by Gasteiger charge is 2.51. The number of cyclic esters (lactones) is 1. The largest absolute Gasteiger partial charge is 0.487 e. The van der Waals surface area contributed by atoms with E-state index < -0.39 is 11.8 Å². The van der Waals surface area contributed by atoms with Crippen LogP contribution in [0.4, 0.5) is 0 Å². The van der Waals surface area contributed by atoms with E-state index in [0.717, 1.165) is 55.4 Å². The lowest BCUT2D eigenvalue weighted by Crippen LogP contribution is -2.47. The average molecular weight is 503 g/mol. The van der Waals surface area contributed by atoms with Crippen molar-refractivity contribution >= 4 is 11.8 Å². The zero-order valence-corrected chi connectivity index (χ0v) is 22.7. The quantitative estimate of drug-likeness (QED) is 0.224. The van der Waals surface area contributed by atoms with Gasteiger partial charge in [0.2, 0.25) is 0 Å². The summed E-state index contributed by atoms with van der Waals surface area (Å²) in [4.78, 5) is 26.4. The highest BCUT2D eigenvalue weighted by Crippen LogP contribution is 2.57. The number of esters is 1. The molecule has 2 aromatic rings. The summed E-state index contributed by atoms with van der Waals surface area (Å²) in [7, 11) is 0. The molecule has 37 heavy (non-hydrogen) atoms. The number of fused-ring (bicyclic) bond motifs is 5. The van der Waals surface area contributed by atoms with E-state index >= 15 is 0 Å². The molecular formula is C32H38O5. The van der Waals surface area contributed by atoms with E-state index in [1.165, 1.54) is 12.5 Å². The number of ketones is 1. The molecule has 0 bridgehead atoms. The van der Waals surface area contributed by atoms with E-state index in [1.54, 1.807) is 0 Å². The van der Waals surface area contributed by atoms with Gasteiger partial charge in [-0.3, -0.25) is 4.79 Å². The summed E-state index contributed by atoms with van der Waals surface area (Å²) in [5.41, 5.74) is 3.93. The van der Waals surface area contributed by atoms with Crippen molar-refractivity contribution in [2.24, 2.45) is 5.92 Å². The molecule has 0 spiro atoms. The van der Waals surface area contributed by atoms with E-state index in [2.05, 4.69) is 33.8 Å². The Bertz CT molecular complexity index is 1240. The van der Waals surface area contributed by atoms with Gasteiger partial charge in [0.25, 0.3) is 5.79 Å². The third-order valence-electron chi connectivity index (χ3n) is 8.18. The molecule has 2 heterocycles. The molecule has 2 aromatic carbocycles. The monoisotopic (exact) mass is 502 g/mol. The summed E-state index contributed by atoms with van der Waals surface area (Å²) in [6, 6.07) is 11.4. The lowest BCUT2D eigenvalue weighted by Gasteiger charge is -2.48. The van der Waals surface area contributed by atoms with E-state index in [1.807, 2.05) is 36.4 Å². The molecule has 0 saturated heterocycles. The van der Waals surface area contributed by atoms with Crippen molar-refractivity contribution < 1.29 is 23.8 Å². The third kappa shape index (κ3) is 4.58. The molecule has 0 saturated carbocycles. The number of rotatable bonds is 7. The summed E-state index contributed by atoms with van der Waals surface area (Å²) < 4.78 is 19.6. The Morgan fingerprint density at radius 3 is 2.54 bits per heavy atom. The van der Waals surface area contributed by atoms with Crippen molar-refractivity contribution in [2.75, 3.05) is 0 Å². The maximum Gasteiger partial charge on any atom is 0.345 e. The van der Waals surface area contributed by atoms with E-state index in [0.29, 0.717) is 16.9 Å². The van der Waals surface area contributed by atoms with Crippen LogP contribution in [-0.4, -0.2) is 17.4 Å². The second-order valence-corrected chi connectivity index (χ2v) is 11.5. The van der Waals surface area contributed by atoms with E-state index in [4.69, 9.17) is 14.2 Å². The van der Waals surface area contributed by atoms with Gasteiger partial charge >= 0.3 is 5.97 Å². The maximum absolute atomic E-state index is 13.9. The number of Topliss-reactive ketones (excluding diaryl/α,β-unsaturated/α-hetero) is 1. The van der Waals surface area contributed by atoms with Gasteiger partial charge in [0, 0.05) is 23.0 Å². The Morgan fingerprint density at radius 2 is 1.84 bits per heavy atom. The fourth-order valence-corrected chi connectivity index (χ4v) is 6.38. The number of benzene rings is 2. The molecular weight excluding hydrogens is 464 g/mol. The van der Waals surface area contributed by atoms with Gasteiger partial charge in [-0.25, -0.2) is 4.79 Å². The fraction of sp³-hybridized carbons (Fsp3) is 0.500. The van der Waals surface area contributed by atoms with Gasteiger partial charge in [-0.2, -0.15) is 0 Å². The smallest absolute Gasteiger partial charge is 0.345 e. The van der Waals surface area contributed by atoms with Crippen molar-refractivity contribution in [3.63, 3.8) is 0 Å². The molecule has 0 fully saturated rings. The van der Waals surface area contributed by atoms with Crippen LogP contribution in [-0.2, 0) is 21.7 Å². The number of allylic oxidation sites excluding steroid dienone is 2. The van der Waals surface area contributed by atoms with Crippen molar-refractivity contribution in [2.45, 2.75) is 96.9 Å². The first-order valence-corrected chi connectivity index (χ1v) is 13.7. The predicted molar refractivity (Wildman–Crippen MR) is 143 cm³/mol. The van der Waals surface area contributed by atoms with Crippen molar-refractivity contribution in [1.82, 2.24) is 0 Å². The van der Waals surface area contributed by atoms with E-state index in [-0.39, 0.29) is 29.6 Å². The van der Waals surface area contributed by atoms with Crippen LogP contribution in [0.15, 0.2) is 48.0 Å². The molecule has 2 aliphatic heterocycles. The molecule has 5 heteroatoms. The van der Waals surface area contributed by atoms with Crippen LogP contribution in [0.3, 0.4) is 0 Å². The first-order valence-electron chi connectivity index (χ1n) is 13.7. The van der Waals surface area contributed by atoms with Gasteiger partial charge in [0.15, 0.2) is 0 Å². The standard InChI is InChI=1S/C32H38O5/c1-6-7-9-12-22-18-26-28(24-17-20(2)15-16-25(24)31(4,5)35-26)29-27(22)30(34)37-32(36-29,19-21(3)33)23-13-10-8-11-14-23/h8,10-11,13-14,17-18,24-25H,6-7,9,12,15-16,19H2,1-5H3. The minimum atomic E-state index is -1.51. The molecule has 0 N–H and O–H groups in total. The highest BCUT2D eigenvalue weighted by atomic mass is 16.7. The molecule has 196 valence electrons. The van der Waals surface area contributed by atoms with Crippen LogP contribution in [0.2, 0.25) is 0 Å². The van der Waals surface area contributed by atoms with Crippen molar-refractivity contribution in [3.8, 4) is 11.5 Å². The third-order valence-corrected chi connectivity index (χ3v) is 8.18. The Labute approximate surface area is 220 Å². The van der Waals surface area contributed by atoms with Crippen LogP contribution in [0.25, 0.3) is 0 Å². The molecule has 5 nitrogen and oxygen atoms in total. The minimum Gasteiger partial charge on any atom is -0.487 e. The first-order chi connectivity index (χ1) is 17.6. The molecule has 0 radical (unpaired) electrons. The van der Waals surface area contributed by atoms with Crippen LogP contribution in [0.5, 0.6) is 11.5 Å². The van der Waals surface area contributed by atoms with Gasteiger partial charge in [0.05, 0.1) is 6.42 Å². The predicted octanol–water partition coefficient (Wildman–Crippen LogP) is 7.41. The number of aryl methyl sites for hydroxylation is 1. The number of ether oxygens (including phenoxy) is 3. The maximum atomic E-state index is 13.9. The van der Waals surface area contributed by atoms with Gasteiger partial charge < -0.3 is 14.2 Å². The molecule has 3 aliphatic rings. The summed E-state index contributed by atoms with van der Waals surface area (Å²) >= 11 is 0. The summed E-state index contributed by atoms with van der Waals surface area (Å²) in [5, 5.41) is 0. The first kappa shape index (κ1) is 25.6. The minimum absolute atomic E-state index is 0.0580. The zero-order chi connectivity index (χ0) is 26.4. The zero-order valence-electron chi connectivity index (χ0n) is 22.7. The van der Waals surface area contributed by atoms with Crippen LogP contribution in [0, 0.1) is 5.92 Å². The molecule has 3 atom stereocenters. The Balaban J connectivity index is 1.75. The molecule has 0 amide bonds.